The Morgan fingerprint density at radius 2 is 2.08 bits per heavy atom. The fourth-order valence-electron chi connectivity index (χ4n) is 3.05. The quantitative estimate of drug-likeness (QED) is 0.876. The number of aromatic nitrogens is 2. The molecule has 7 nitrogen and oxygen atoms in total. The predicted octanol–water partition coefficient (Wildman–Crippen LogP) is 1.81. The minimum atomic E-state index is -3.64. The third-order valence-electron chi connectivity index (χ3n) is 4.41. The van der Waals surface area contributed by atoms with E-state index < -0.39 is 10.0 Å². The molecule has 0 saturated carbocycles. The lowest BCUT2D eigenvalue weighted by atomic mass is 10.0. The zero-order valence-electron chi connectivity index (χ0n) is 14.7. The number of nitrogens with one attached hydrogen (secondary N) is 1. The van der Waals surface area contributed by atoms with Gasteiger partial charge < -0.3 is 10.1 Å². The van der Waals surface area contributed by atoms with Gasteiger partial charge in [0.25, 0.3) is 0 Å². The van der Waals surface area contributed by atoms with Crippen molar-refractivity contribution < 1.29 is 13.2 Å². The smallest absolute Gasteiger partial charge is 0.246 e. The number of sulfonamides is 1. The molecule has 1 aromatic heterocycles. The minimum Gasteiger partial charge on any atom is -0.496 e. The van der Waals surface area contributed by atoms with Crippen LogP contribution in [0.2, 0.25) is 0 Å². The second kappa shape index (κ2) is 7.15. The number of nitrogens with zero attached hydrogens (tertiary/aromatic N) is 3. The van der Waals surface area contributed by atoms with Crippen molar-refractivity contribution in [2.24, 2.45) is 0 Å². The van der Waals surface area contributed by atoms with Gasteiger partial charge >= 0.3 is 0 Å². The molecule has 0 radical (unpaired) electrons. The Bertz CT molecular complexity index is 832. The minimum absolute atomic E-state index is 0.108. The number of ether oxygens (including phenoxy) is 1. The van der Waals surface area contributed by atoms with E-state index in [4.69, 9.17) is 4.74 Å². The largest absolute Gasteiger partial charge is 0.496 e. The lowest BCUT2D eigenvalue weighted by molar-refractivity contribution is 0.264. The molecule has 3 rings (SSSR count). The first-order valence-corrected chi connectivity index (χ1v) is 9.78. The van der Waals surface area contributed by atoms with Crippen molar-refractivity contribution >= 4 is 10.0 Å². The summed E-state index contributed by atoms with van der Waals surface area (Å²) in [5, 5.41) is 7.46. The van der Waals surface area contributed by atoms with Crippen LogP contribution in [0.3, 0.4) is 0 Å². The van der Waals surface area contributed by atoms with Gasteiger partial charge in [0, 0.05) is 37.4 Å². The molecule has 1 saturated heterocycles. The van der Waals surface area contributed by atoms with Crippen molar-refractivity contribution in [2.75, 3.05) is 26.7 Å². The summed E-state index contributed by atoms with van der Waals surface area (Å²) in [4.78, 5) is 0.225. The molecule has 25 heavy (non-hydrogen) atoms. The first-order chi connectivity index (χ1) is 11.9. The van der Waals surface area contributed by atoms with E-state index in [1.54, 1.807) is 22.3 Å². The Morgan fingerprint density at radius 1 is 1.32 bits per heavy atom. The summed E-state index contributed by atoms with van der Waals surface area (Å²) in [7, 11) is -2.04. The molecule has 1 N–H and O–H groups in total. The van der Waals surface area contributed by atoms with Crippen molar-refractivity contribution in [3.8, 4) is 5.75 Å². The zero-order valence-corrected chi connectivity index (χ0v) is 15.5. The number of para-hydroxylation sites is 1. The highest BCUT2D eigenvalue weighted by molar-refractivity contribution is 7.89. The SMILES string of the molecule is COc1ccccc1C1CNCCN1S(=O)(=O)c1cnn(C(C)C)c1. The molecule has 2 aromatic rings. The van der Waals surface area contributed by atoms with Crippen LogP contribution in [0.25, 0.3) is 0 Å². The summed E-state index contributed by atoms with van der Waals surface area (Å²) in [6, 6.07) is 7.33. The maximum atomic E-state index is 13.2. The maximum absolute atomic E-state index is 13.2. The molecule has 0 spiro atoms. The van der Waals surface area contributed by atoms with E-state index in [1.165, 1.54) is 6.20 Å². The Labute approximate surface area is 148 Å². The van der Waals surface area contributed by atoms with E-state index in [0.29, 0.717) is 25.4 Å². The van der Waals surface area contributed by atoms with Crippen LogP contribution in [-0.4, -0.2) is 49.2 Å². The second-order valence-electron chi connectivity index (χ2n) is 6.33. The number of methoxy groups -OCH3 is 1. The Kier molecular flexibility index (Phi) is 5.12. The standard InChI is InChI=1S/C17H24N4O3S/c1-13(2)20-12-14(10-19-20)25(22,23)21-9-8-18-11-16(21)15-6-4-5-7-17(15)24-3/h4-7,10,12-13,16,18H,8-9,11H2,1-3H3. The van der Waals surface area contributed by atoms with E-state index in [9.17, 15) is 8.42 Å². The molecule has 1 aromatic carbocycles. The van der Waals surface area contributed by atoms with Crippen molar-refractivity contribution in [1.82, 2.24) is 19.4 Å². The highest BCUT2D eigenvalue weighted by atomic mass is 32.2. The van der Waals surface area contributed by atoms with Gasteiger partial charge in [-0.3, -0.25) is 4.68 Å². The van der Waals surface area contributed by atoms with E-state index in [1.807, 2.05) is 38.1 Å². The van der Waals surface area contributed by atoms with Crippen LogP contribution in [0.15, 0.2) is 41.6 Å². The molecule has 1 aliphatic heterocycles. The molecule has 0 aliphatic carbocycles. The van der Waals surface area contributed by atoms with Crippen molar-refractivity contribution in [1.29, 1.82) is 0 Å². The van der Waals surface area contributed by atoms with Gasteiger partial charge in [-0.05, 0) is 19.9 Å². The van der Waals surface area contributed by atoms with Crippen LogP contribution in [0.1, 0.15) is 31.5 Å². The van der Waals surface area contributed by atoms with Gasteiger partial charge in [0.05, 0.1) is 19.3 Å². The van der Waals surface area contributed by atoms with Gasteiger partial charge in [0.15, 0.2) is 0 Å². The molecule has 0 amide bonds. The van der Waals surface area contributed by atoms with E-state index in [2.05, 4.69) is 10.4 Å². The van der Waals surface area contributed by atoms with Gasteiger partial charge in [-0.2, -0.15) is 9.40 Å². The summed E-state index contributed by atoms with van der Waals surface area (Å²) in [5.41, 5.74) is 0.858. The molecular weight excluding hydrogens is 340 g/mol. The third-order valence-corrected chi connectivity index (χ3v) is 6.27. The van der Waals surface area contributed by atoms with Gasteiger partial charge in [-0.15, -0.1) is 0 Å². The van der Waals surface area contributed by atoms with Crippen molar-refractivity contribution in [3.05, 3.63) is 42.2 Å². The lowest BCUT2D eigenvalue weighted by Crippen LogP contribution is -2.48. The summed E-state index contributed by atoms with van der Waals surface area (Å²) in [6.07, 6.45) is 3.03. The lowest BCUT2D eigenvalue weighted by Gasteiger charge is -2.35. The van der Waals surface area contributed by atoms with Gasteiger partial charge in [-0.1, -0.05) is 18.2 Å². The van der Waals surface area contributed by atoms with Crippen LogP contribution in [0.4, 0.5) is 0 Å². The van der Waals surface area contributed by atoms with Gasteiger partial charge in [0.2, 0.25) is 10.0 Å². The molecular formula is C17H24N4O3S. The maximum Gasteiger partial charge on any atom is 0.246 e. The summed E-state index contributed by atoms with van der Waals surface area (Å²) < 4.78 is 35.1. The van der Waals surface area contributed by atoms with Crippen LogP contribution in [0.5, 0.6) is 5.75 Å². The summed E-state index contributed by atoms with van der Waals surface area (Å²) in [6.45, 7) is 5.48. The van der Waals surface area contributed by atoms with E-state index in [0.717, 1.165) is 5.56 Å². The molecule has 1 atom stereocenters. The average molecular weight is 364 g/mol. The molecule has 2 heterocycles. The fraction of sp³-hybridized carbons (Fsp3) is 0.471. The number of rotatable bonds is 5. The predicted molar refractivity (Wildman–Crippen MR) is 95.1 cm³/mol. The molecule has 1 fully saturated rings. The number of hydrogen-bond donors (Lipinski definition) is 1. The van der Waals surface area contributed by atoms with Crippen LogP contribution in [0, 0.1) is 0 Å². The average Bonchev–Trinajstić information content (AvgIpc) is 3.13. The Morgan fingerprint density at radius 3 is 2.76 bits per heavy atom. The summed E-state index contributed by atoms with van der Waals surface area (Å²) >= 11 is 0. The zero-order chi connectivity index (χ0) is 18.0. The van der Waals surface area contributed by atoms with Crippen molar-refractivity contribution in [3.63, 3.8) is 0 Å². The third kappa shape index (κ3) is 3.42. The van der Waals surface area contributed by atoms with E-state index >= 15 is 0 Å². The Hall–Kier alpha value is -1.90. The number of benzene rings is 1. The van der Waals surface area contributed by atoms with Crippen LogP contribution < -0.4 is 10.1 Å². The topological polar surface area (TPSA) is 76.5 Å². The van der Waals surface area contributed by atoms with Crippen LogP contribution >= 0.6 is 0 Å². The first kappa shape index (κ1) is 17.9. The molecule has 1 unspecified atom stereocenters. The normalized spacial score (nSPS) is 19.3. The first-order valence-electron chi connectivity index (χ1n) is 8.34. The van der Waals surface area contributed by atoms with Gasteiger partial charge in [0.1, 0.15) is 10.6 Å². The highest BCUT2D eigenvalue weighted by Gasteiger charge is 2.36. The Balaban J connectivity index is 1.99. The van der Waals surface area contributed by atoms with Crippen molar-refractivity contribution in [2.45, 2.75) is 30.8 Å². The monoisotopic (exact) mass is 364 g/mol. The van der Waals surface area contributed by atoms with Gasteiger partial charge in [-0.25, -0.2) is 8.42 Å². The fourth-order valence-corrected chi connectivity index (χ4v) is 4.60. The number of hydrogen-bond acceptors (Lipinski definition) is 5. The second-order valence-corrected chi connectivity index (χ2v) is 8.22. The molecule has 0 bridgehead atoms. The molecule has 8 heteroatoms. The van der Waals surface area contributed by atoms with E-state index in [-0.39, 0.29) is 17.0 Å². The highest BCUT2D eigenvalue weighted by Crippen LogP contribution is 2.33. The van der Waals surface area contributed by atoms with Crippen LogP contribution in [-0.2, 0) is 10.0 Å². The molecule has 136 valence electrons. The summed E-state index contributed by atoms with van der Waals surface area (Å²) in [5.74, 6) is 0.689. The molecule has 1 aliphatic rings. The number of piperazine rings is 1.